The molecule has 114 valence electrons. The molecular weight excluding hydrogens is 272 g/mol. The van der Waals surface area contributed by atoms with Gasteiger partial charge in [0.25, 0.3) is 10.2 Å². The molecule has 0 rings (SSSR count). The molecule has 0 aliphatic rings. The number of nitrogens with one attached hydrogen (secondary N) is 1. The highest BCUT2D eigenvalue weighted by molar-refractivity contribution is 7.87. The van der Waals surface area contributed by atoms with E-state index in [2.05, 4.69) is 9.46 Å². The lowest BCUT2D eigenvalue weighted by Gasteiger charge is -2.17. The van der Waals surface area contributed by atoms with Crippen LogP contribution in [0.3, 0.4) is 0 Å². The first-order chi connectivity index (χ1) is 8.83. The van der Waals surface area contributed by atoms with Crippen molar-refractivity contribution in [3.8, 4) is 0 Å². The van der Waals surface area contributed by atoms with Crippen molar-refractivity contribution in [2.24, 2.45) is 5.92 Å². The van der Waals surface area contributed by atoms with Gasteiger partial charge in [-0.25, -0.2) is 4.72 Å². The van der Waals surface area contributed by atoms with Crippen LogP contribution in [0, 0.1) is 5.92 Å². The van der Waals surface area contributed by atoms with Crippen molar-refractivity contribution in [1.29, 1.82) is 0 Å². The van der Waals surface area contributed by atoms with Gasteiger partial charge < -0.3 is 9.84 Å². The SMILES string of the molecule is COC(=O)CCN(C)S(=O)(=O)NCCCC(C)CO. The van der Waals surface area contributed by atoms with Gasteiger partial charge in [0.1, 0.15) is 0 Å². The molecule has 0 saturated heterocycles. The molecule has 0 radical (unpaired) electrons. The van der Waals surface area contributed by atoms with Gasteiger partial charge in [-0.2, -0.15) is 12.7 Å². The zero-order valence-electron chi connectivity index (χ0n) is 11.8. The van der Waals surface area contributed by atoms with E-state index in [-0.39, 0.29) is 25.5 Å². The van der Waals surface area contributed by atoms with Crippen molar-refractivity contribution in [1.82, 2.24) is 9.03 Å². The molecule has 0 spiro atoms. The summed E-state index contributed by atoms with van der Waals surface area (Å²) >= 11 is 0. The van der Waals surface area contributed by atoms with Gasteiger partial charge in [-0.3, -0.25) is 4.79 Å². The third kappa shape index (κ3) is 8.14. The Morgan fingerprint density at radius 1 is 1.47 bits per heavy atom. The molecule has 0 fully saturated rings. The lowest BCUT2D eigenvalue weighted by Crippen LogP contribution is -2.39. The van der Waals surface area contributed by atoms with E-state index in [0.717, 1.165) is 10.7 Å². The Bertz CT molecular complexity index is 358. The van der Waals surface area contributed by atoms with Crippen LogP contribution in [0.15, 0.2) is 0 Å². The third-order valence-corrected chi connectivity index (χ3v) is 4.31. The molecule has 8 heteroatoms. The summed E-state index contributed by atoms with van der Waals surface area (Å²) in [7, 11) is -0.890. The summed E-state index contributed by atoms with van der Waals surface area (Å²) in [6.07, 6.45) is 1.44. The molecule has 0 aliphatic carbocycles. The Morgan fingerprint density at radius 2 is 2.11 bits per heavy atom. The normalized spacial score (nSPS) is 13.5. The van der Waals surface area contributed by atoms with E-state index in [1.54, 1.807) is 0 Å². The Hall–Kier alpha value is -0.700. The maximum atomic E-state index is 11.8. The molecule has 0 bridgehead atoms. The third-order valence-electron chi connectivity index (χ3n) is 2.74. The molecule has 0 aromatic carbocycles. The van der Waals surface area contributed by atoms with Gasteiger partial charge in [-0.05, 0) is 18.8 Å². The number of aliphatic hydroxyl groups is 1. The fraction of sp³-hybridized carbons (Fsp3) is 0.909. The largest absolute Gasteiger partial charge is 0.469 e. The van der Waals surface area contributed by atoms with E-state index in [0.29, 0.717) is 13.0 Å². The number of methoxy groups -OCH3 is 1. The summed E-state index contributed by atoms with van der Waals surface area (Å²) in [5.41, 5.74) is 0. The van der Waals surface area contributed by atoms with Crippen LogP contribution < -0.4 is 4.72 Å². The first-order valence-corrected chi connectivity index (χ1v) is 7.66. The predicted molar refractivity (Wildman–Crippen MR) is 71.7 cm³/mol. The number of hydrogen-bond donors (Lipinski definition) is 2. The lowest BCUT2D eigenvalue weighted by atomic mass is 10.1. The van der Waals surface area contributed by atoms with Crippen LogP contribution >= 0.6 is 0 Å². The van der Waals surface area contributed by atoms with E-state index < -0.39 is 16.2 Å². The van der Waals surface area contributed by atoms with Gasteiger partial charge in [0.15, 0.2) is 0 Å². The summed E-state index contributed by atoms with van der Waals surface area (Å²) in [6.45, 7) is 2.40. The van der Waals surface area contributed by atoms with Gasteiger partial charge >= 0.3 is 5.97 Å². The molecule has 0 heterocycles. The van der Waals surface area contributed by atoms with Crippen molar-refractivity contribution in [3.05, 3.63) is 0 Å². The van der Waals surface area contributed by atoms with E-state index >= 15 is 0 Å². The summed E-state index contributed by atoms with van der Waals surface area (Å²) in [5, 5.41) is 8.84. The van der Waals surface area contributed by atoms with Gasteiger partial charge in [0.05, 0.1) is 13.5 Å². The van der Waals surface area contributed by atoms with E-state index in [9.17, 15) is 13.2 Å². The summed E-state index contributed by atoms with van der Waals surface area (Å²) < 4.78 is 31.5. The minimum atomic E-state index is -3.56. The lowest BCUT2D eigenvalue weighted by molar-refractivity contribution is -0.140. The van der Waals surface area contributed by atoms with Crippen molar-refractivity contribution < 1.29 is 23.1 Å². The Kier molecular flexibility index (Phi) is 8.90. The molecule has 0 aromatic rings. The van der Waals surface area contributed by atoms with Crippen molar-refractivity contribution in [2.75, 3.05) is 33.9 Å². The van der Waals surface area contributed by atoms with Crippen molar-refractivity contribution in [2.45, 2.75) is 26.2 Å². The second-order valence-corrected chi connectivity index (χ2v) is 6.34. The number of hydrogen-bond acceptors (Lipinski definition) is 5. The maximum Gasteiger partial charge on any atom is 0.306 e. The number of esters is 1. The number of nitrogens with zero attached hydrogens (tertiary/aromatic N) is 1. The second kappa shape index (κ2) is 9.24. The van der Waals surface area contributed by atoms with Crippen LogP contribution in [0.2, 0.25) is 0 Å². The minimum Gasteiger partial charge on any atom is -0.469 e. The molecule has 1 atom stereocenters. The quantitative estimate of drug-likeness (QED) is 0.427. The summed E-state index contributed by atoms with van der Waals surface area (Å²) in [4.78, 5) is 10.9. The average Bonchev–Trinajstić information content (AvgIpc) is 2.39. The fourth-order valence-electron chi connectivity index (χ4n) is 1.32. The van der Waals surface area contributed by atoms with Crippen LogP contribution in [-0.2, 0) is 19.7 Å². The minimum absolute atomic E-state index is 0.0233. The molecular formula is C11H24N2O5S. The van der Waals surface area contributed by atoms with Gasteiger partial charge in [0.2, 0.25) is 0 Å². The number of ether oxygens (including phenoxy) is 1. The van der Waals surface area contributed by atoms with Crippen LogP contribution in [-0.4, -0.2) is 57.7 Å². The van der Waals surface area contributed by atoms with E-state index in [4.69, 9.17) is 5.11 Å². The van der Waals surface area contributed by atoms with Crippen molar-refractivity contribution >= 4 is 16.2 Å². The highest BCUT2D eigenvalue weighted by atomic mass is 32.2. The van der Waals surface area contributed by atoms with Crippen LogP contribution in [0.5, 0.6) is 0 Å². The molecule has 0 amide bonds. The van der Waals surface area contributed by atoms with E-state index in [1.165, 1.54) is 14.2 Å². The van der Waals surface area contributed by atoms with Gasteiger partial charge in [-0.1, -0.05) is 6.92 Å². The Labute approximate surface area is 115 Å². The zero-order valence-corrected chi connectivity index (χ0v) is 12.6. The number of aliphatic hydroxyl groups excluding tert-OH is 1. The van der Waals surface area contributed by atoms with E-state index in [1.807, 2.05) is 6.92 Å². The van der Waals surface area contributed by atoms with Crippen LogP contribution in [0.4, 0.5) is 0 Å². The Morgan fingerprint density at radius 3 is 2.63 bits per heavy atom. The molecule has 0 aromatic heterocycles. The molecule has 7 nitrogen and oxygen atoms in total. The van der Waals surface area contributed by atoms with Crippen LogP contribution in [0.1, 0.15) is 26.2 Å². The monoisotopic (exact) mass is 296 g/mol. The Balaban J connectivity index is 3.99. The van der Waals surface area contributed by atoms with Crippen LogP contribution in [0.25, 0.3) is 0 Å². The first-order valence-electron chi connectivity index (χ1n) is 6.22. The topological polar surface area (TPSA) is 95.9 Å². The summed E-state index contributed by atoms with van der Waals surface area (Å²) in [6, 6.07) is 0. The smallest absolute Gasteiger partial charge is 0.306 e. The van der Waals surface area contributed by atoms with Gasteiger partial charge in [0, 0.05) is 26.7 Å². The van der Waals surface area contributed by atoms with Crippen molar-refractivity contribution in [3.63, 3.8) is 0 Å². The maximum absolute atomic E-state index is 11.8. The zero-order chi connectivity index (χ0) is 14.9. The molecule has 0 aliphatic heterocycles. The first kappa shape index (κ1) is 18.3. The second-order valence-electron chi connectivity index (χ2n) is 4.48. The number of carbonyl (C=O) groups excluding carboxylic acids is 1. The number of rotatable bonds is 10. The predicted octanol–water partition coefficient (Wildman–Crippen LogP) is -0.276. The summed E-state index contributed by atoms with van der Waals surface area (Å²) in [5.74, 6) is -0.277. The highest BCUT2D eigenvalue weighted by Crippen LogP contribution is 2.04. The van der Waals surface area contributed by atoms with Gasteiger partial charge in [-0.15, -0.1) is 0 Å². The highest BCUT2D eigenvalue weighted by Gasteiger charge is 2.17. The number of carbonyl (C=O) groups is 1. The standard InChI is InChI=1S/C11H24N2O5S/c1-10(9-14)5-4-7-12-19(16,17)13(2)8-6-11(15)18-3/h10,12,14H,4-9H2,1-3H3. The molecule has 1 unspecified atom stereocenters. The molecule has 2 N–H and O–H groups in total. The fourth-order valence-corrected chi connectivity index (χ4v) is 2.28. The molecule has 19 heavy (non-hydrogen) atoms. The average molecular weight is 296 g/mol. The molecule has 0 saturated carbocycles.